The molecule has 1 N–H and O–H groups in total. The van der Waals surface area contributed by atoms with E-state index in [9.17, 15) is 0 Å². The van der Waals surface area contributed by atoms with Gasteiger partial charge >= 0.3 is 0 Å². The number of aryl methyl sites for hydroxylation is 1. The van der Waals surface area contributed by atoms with Crippen LogP contribution in [0, 0.1) is 6.92 Å². The Morgan fingerprint density at radius 2 is 1.48 bits per heavy atom. The van der Waals surface area contributed by atoms with E-state index in [0.29, 0.717) is 0 Å². The summed E-state index contributed by atoms with van der Waals surface area (Å²) in [6.45, 7) is 2.08. The van der Waals surface area contributed by atoms with Crippen LogP contribution in [0.15, 0.2) is 87.4 Å². The minimum atomic E-state index is 0.738. The summed E-state index contributed by atoms with van der Waals surface area (Å²) in [5.41, 5.74) is 9.26. The molecule has 122 valence electrons. The molecule has 1 heterocycles. The van der Waals surface area contributed by atoms with Gasteiger partial charge in [-0.25, -0.2) is 4.99 Å². The van der Waals surface area contributed by atoms with Gasteiger partial charge in [0.05, 0.1) is 11.4 Å². The van der Waals surface area contributed by atoms with Crippen LogP contribution in [0.2, 0.25) is 0 Å². The molecule has 4 heteroatoms. The lowest BCUT2D eigenvalue weighted by atomic mass is 10.00. The van der Waals surface area contributed by atoms with Gasteiger partial charge in [-0.2, -0.15) is 5.10 Å². The highest BCUT2D eigenvalue weighted by atomic mass is 79.9. The molecular formula is C21H16BrN3. The summed E-state index contributed by atoms with van der Waals surface area (Å²) in [6.07, 6.45) is 0. The zero-order valence-corrected chi connectivity index (χ0v) is 15.3. The van der Waals surface area contributed by atoms with Crippen LogP contribution in [0.5, 0.6) is 0 Å². The largest absolute Gasteiger partial charge is 0.260 e. The van der Waals surface area contributed by atoms with Gasteiger partial charge in [-0.3, -0.25) is 5.43 Å². The second-order valence-electron chi connectivity index (χ2n) is 5.92. The van der Waals surface area contributed by atoms with E-state index in [0.717, 1.165) is 38.4 Å². The number of hydrogen-bond acceptors (Lipinski definition) is 3. The molecule has 0 fully saturated rings. The van der Waals surface area contributed by atoms with Crippen molar-refractivity contribution in [2.24, 2.45) is 10.1 Å². The SMILES string of the molecule is Cc1ccc(C2=NNC(c3ccc(Br)cc3)=Nc3ccccc32)cc1. The van der Waals surface area contributed by atoms with E-state index in [4.69, 9.17) is 4.99 Å². The fraction of sp³-hybridized carbons (Fsp3) is 0.0476. The second kappa shape index (κ2) is 6.65. The van der Waals surface area contributed by atoms with Gasteiger partial charge in [-0.05, 0) is 25.1 Å². The maximum Gasteiger partial charge on any atom is 0.154 e. The molecule has 0 aromatic heterocycles. The predicted molar refractivity (Wildman–Crippen MR) is 107 cm³/mol. The molecule has 0 aliphatic carbocycles. The van der Waals surface area contributed by atoms with Gasteiger partial charge in [0.25, 0.3) is 0 Å². The molecule has 3 aromatic carbocycles. The molecule has 0 spiro atoms. The van der Waals surface area contributed by atoms with Crippen LogP contribution in [-0.4, -0.2) is 11.5 Å². The lowest BCUT2D eigenvalue weighted by Crippen LogP contribution is -2.19. The Balaban J connectivity index is 1.83. The van der Waals surface area contributed by atoms with Crippen molar-refractivity contribution in [1.29, 1.82) is 0 Å². The molecule has 3 nitrogen and oxygen atoms in total. The van der Waals surface area contributed by atoms with Crippen LogP contribution < -0.4 is 5.43 Å². The number of halogens is 1. The highest BCUT2D eigenvalue weighted by molar-refractivity contribution is 9.10. The molecule has 0 bridgehead atoms. The van der Waals surface area contributed by atoms with Crippen LogP contribution in [0.25, 0.3) is 0 Å². The average molecular weight is 390 g/mol. The first-order valence-electron chi connectivity index (χ1n) is 8.05. The van der Waals surface area contributed by atoms with Crippen molar-refractivity contribution in [1.82, 2.24) is 5.43 Å². The smallest absolute Gasteiger partial charge is 0.154 e. The first kappa shape index (κ1) is 15.8. The number of aliphatic imine (C=N–C) groups is 1. The highest BCUT2D eigenvalue weighted by Gasteiger charge is 2.16. The van der Waals surface area contributed by atoms with Gasteiger partial charge in [0.1, 0.15) is 0 Å². The van der Waals surface area contributed by atoms with Crippen molar-refractivity contribution in [3.05, 3.63) is 99.5 Å². The van der Waals surface area contributed by atoms with Gasteiger partial charge < -0.3 is 0 Å². The number of amidine groups is 1. The minimum Gasteiger partial charge on any atom is -0.260 e. The predicted octanol–water partition coefficient (Wildman–Crippen LogP) is 5.19. The van der Waals surface area contributed by atoms with Gasteiger partial charge in [0.2, 0.25) is 0 Å². The number of benzene rings is 3. The molecule has 0 radical (unpaired) electrons. The van der Waals surface area contributed by atoms with Crippen LogP contribution in [-0.2, 0) is 0 Å². The Morgan fingerprint density at radius 3 is 2.24 bits per heavy atom. The molecule has 0 atom stereocenters. The van der Waals surface area contributed by atoms with Crippen molar-refractivity contribution < 1.29 is 0 Å². The van der Waals surface area contributed by atoms with Crippen LogP contribution in [0.3, 0.4) is 0 Å². The Bertz CT molecular complexity index is 971. The summed E-state index contributed by atoms with van der Waals surface area (Å²) < 4.78 is 1.04. The molecule has 0 saturated heterocycles. The van der Waals surface area contributed by atoms with Crippen LogP contribution >= 0.6 is 15.9 Å². The molecule has 3 aromatic rings. The maximum atomic E-state index is 4.81. The van der Waals surface area contributed by atoms with E-state index in [1.54, 1.807) is 0 Å². The molecule has 25 heavy (non-hydrogen) atoms. The number of hydrogen-bond donors (Lipinski definition) is 1. The van der Waals surface area contributed by atoms with E-state index in [-0.39, 0.29) is 0 Å². The van der Waals surface area contributed by atoms with Crippen LogP contribution in [0.4, 0.5) is 5.69 Å². The number of rotatable bonds is 2. The van der Waals surface area contributed by atoms with Crippen molar-refractivity contribution in [3.63, 3.8) is 0 Å². The lowest BCUT2D eigenvalue weighted by molar-refractivity contribution is 1.03. The van der Waals surface area contributed by atoms with E-state index in [1.165, 1.54) is 5.56 Å². The zero-order chi connectivity index (χ0) is 17.2. The second-order valence-corrected chi connectivity index (χ2v) is 6.84. The maximum absolute atomic E-state index is 4.81. The summed E-state index contributed by atoms with van der Waals surface area (Å²) in [6, 6.07) is 24.5. The summed E-state index contributed by atoms with van der Waals surface area (Å²) in [5, 5.41) is 4.67. The van der Waals surface area contributed by atoms with E-state index >= 15 is 0 Å². The summed E-state index contributed by atoms with van der Waals surface area (Å²) in [4.78, 5) is 4.81. The highest BCUT2D eigenvalue weighted by Crippen LogP contribution is 2.25. The van der Waals surface area contributed by atoms with Gasteiger partial charge in [-0.1, -0.05) is 76.1 Å². The number of hydrazone groups is 1. The third-order valence-corrected chi connectivity index (χ3v) is 4.64. The van der Waals surface area contributed by atoms with Gasteiger partial charge in [-0.15, -0.1) is 0 Å². The number of nitrogens with zero attached hydrogens (tertiary/aromatic N) is 2. The van der Waals surface area contributed by atoms with E-state index in [1.807, 2.05) is 42.5 Å². The van der Waals surface area contributed by atoms with E-state index in [2.05, 4.69) is 63.7 Å². The van der Waals surface area contributed by atoms with Crippen molar-refractivity contribution >= 4 is 33.2 Å². The third-order valence-electron chi connectivity index (χ3n) is 4.11. The molecular weight excluding hydrogens is 374 g/mol. The number of nitrogens with one attached hydrogen (secondary N) is 1. The van der Waals surface area contributed by atoms with Crippen molar-refractivity contribution in [2.75, 3.05) is 0 Å². The Kier molecular flexibility index (Phi) is 4.20. The molecule has 0 unspecified atom stereocenters. The fourth-order valence-electron chi connectivity index (χ4n) is 2.75. The summed E-state index contributed by atoms with van der Waals surface area (Å²) in [5.74, 6) is 0.738. The lowest BCUT2D eigenvalue weighted by Gasteiger charge is -2.07. The van der Waals surface area contributed by atoms with Crippen molar-refractivity contribution in [2.45, 2.75) is 6.92 Å². The average Bonchev–Trinajstić information content (AvgIpc) is 2.83. The first-order valence-corrected chi connectivity index (χ1v) is 8.85. The minimum absolute atomic E-state index is 0.738. The molecule has 0 saturated carbocycles. The molecule has 1 aliphatic heterocycles. The number of para-hydroxylation sites is 1. The topological polar surface area (TPSA) is 36.8 Å². The van der Waals surface area contributed by atoms with E-state index < -0.39 is 0 Å². The fourth-order valence-corrected chi connectivity index (χ4v) is 3.02. The molecule has 4 rings (SSSR count). The molecule has 1 aliphatic rings. The monoisotopic (exact) mass is 389 g/mol. The standard InChI is InChI=1S/C21H16BrN3/c1-14-6-8-15(9-7-14)20-18-4-2-3-5-19(18)23-21(25-24-20)16-10-12-17(22)13-11-16/h2-13H,1H3,(H,23,25). The normalized spacial score (nSPS) is 13.2. The first-order chi connectivity index (χ1) is 12.2. The summed E-state index contributed by atoms with van der Waals surface area (Å²) in [7, 11) is 0. The molecule has 0 amide bonds. The van der Waals surface area contributed by atoms with Crippen LogP contribution in [0.1, 0.15) is 22.3 Å². The Labute approximate surface area is 155 Å². The van der Waals surface area contributed by atoms with Gasteiger partial charge in [0, 0.05) is 21.2 Å². The third kappa shape index (κ3) is 3.26. The Hall–Kier alpha value is -2.72. The van der Waals surface area contributed by atoms with Gasteiger partial charge in [0.15, 0.2) is 5.84 Å². The Morgan fingerprint density at radius 1 is 0.800 bits per heavy atom. The number of fused-ring (bicyclic) bond motifs is 1. The van der Waals surface area contributed by atoms with Crippen molar-refractivity contribution in [3.8, 4) is 0 Å². The quantitative estimate of drug-likeness (QED) is 0.642. The summed E-state index contributed by atoms with van der Waals surface area (Å²) >= 11 is 3.47. The zero-order valence-electron chi connectivity index (χ0n) is 13.7.